The van der Waals surface area contributed by atoms with Crippen molar-refractivity contribution in [2.75, 3.05) is 37.7 Å². The molecule has 0 atom stereocenters. The van der Waals surface area contributed by atoms with Gasteiger partial charge in [-0.2, -0.15) is 0 Å². The smallest absolute Gasteiger partial charge is 0.344 e. The van der Waals surface area contributed by atoms with Crippen LogP contribution in [0.1, 0.15) is 6.92 Å². The number of rotatable bonds is 4. The molecule has 0 amide bonds. The lowest BCUT2D eigenvalue weighted by molar-refractivity contribution is 0.328. The highest BCUT2D eigenvalue weighted by Crippen LogP contribution is 2.29. The number of hydrogen-bond donors (Lipinski definition) is 1. The molecule has 1 aromatic carbocycles. The highest BCUT2D eigenvalue weighted by molar-refractivity contribution is 5.85. The standard InChI is InChI=1S/C20H21N3O3/c1-2-25-19-16(4-3-7-22-19)17-12-14-5-6-15(13-18(14)26-20(17)24)23-10-8-21-9-11-23/h3-7,12-13,21H,2,8-11H2,1H3. The van der Waals surface area contributed by atoms with E-state index in [-0.39, 0.29) is 5.63 Å². The van der Waals surface area contributed by atoms with E-state index in [2.05, 4.69) is 21.3 Å². The van der Waals surface area contributed by atoms with Crippen molar-refractivity contribution in [3.63, 3.8) is 0 Å². The van der Waals surface area contributed by atoms with Gasteiger partial charge in [0.05, 0.1) is 17.7 Å². The van der Waals surface area contributed by atoms with E-state index in [0.717, 1.165) is 37.3 Å². The quantitative estimate of drug-likeness (QED) is 0.729. The summed E-state index contributed by atoms with van der Waals surface area (Å²) in [7, 11) is 0. The van der Waals surface area contributed by atoms with Crippen molar-refractivity contribution in [1.29, 1.82) is 0 Å². The Hall–Kier alpha value is -2.86. The van der Waals surface area contributed by atoms with E-state index in [1.54, 1.807) is 12.3 Å². The first-order valence-electron chi connectivity index (χ1n) is 8.88. The van der Waals surface area contributed by atoms with Crippen molar-refractivity contribution in [2.24, 2.45) is 0 Å². The Bertz CT molecular complexity index is 977. The van der Waals surface area contributed by atoms with Crippen molar-refractivity contribution in [3.05, 3.63) is 53.0 Å². The van der Waals surface area contributed by atoms with Crippen LogP contribution in [0.25, 0.3) is 22.1 Å². The molecule has 6 nitrogen and oxygen atoms in total. The van der Waals surface area contributed by atoms with Crippen molar-refractivity contribution in [1.82, 2.24) is 10.3 Å². The molecule has 0 saturated carbocycles. The molecule has 134 valence electrons. The monoisotopic (exact) mass is 351 g/mol. The van der Waals surface area contributed by atoms with Gasteiger partial charge in [-0.1, -0.05) is 0 Å². The average Bonchev–Trinajstić information content (AvgIpc) is 2.68. The van der Waals surface area contributed by atoms with E-state index >= 15 is 0 Å². The van der Waals surface area contributed by atoms with Gasteiger partial charge in [-0.3, -0.25) is 0 Å². The van der Waals surface area contributed by atoms with Gasteiger partial charge in [0.25, 0.3) is 0 Å². The fourth-order valence-electron chi connectivity index (χ4n) is 3.25. The SMILES string of the molecule is CCOc1ncccc1-c1cc2ccc(N3CCNCC3)cc2oc1=O. The van der Waals surface area contributed by atoms with Crippen molar-refractivity contribution in [3.8, 4) is 17.0 Å². The van der Waals surface area contributed by atoms with Crippen LogP contribution < -0.4 is 20.6 Å². The molecular formula is C20H21N3O3. The van der Waals surface area contributed by atoms with E-state index in [1.165, 1.54) is 0 Å². The minimum atomic E-state index is -0.385. The van der Waals surface area contributed by atoms with Crippen molar-refractivity contribution >= 4 is 16.7 Å². The third-order valence-corrected chi connectivity index (χ3v) is 4.54. The molecule has 0 spiro atoms. The second kappa shape index (κ2) is 7.17. The fourth-order valence-corrected chi connectivity index (χ4v) is 3.25. The van der Waals surface area contributed by atoms with Crippen LogP contribution in [0.2, 0.25) is 0 Å². The van der Waals surface area contributed by atoms with Gasteiger partial charge in [0, 0.05) is 49.5 Å². The normalized spacial score (nSPS) is 14.6. The highest BCUT2D eigenvalue weighted by Gasteiger charge is 2.15. The van der Waals surface area contributed by atoms with Gasteiger partial charge in [-0.05, 0) is 37.3 Å². The first kappa shape index (κ1) is 16.6. The largest absolute Gasteiger partial charge is 0.478 e. The van der Waals surface area contributed by atoms with E-state index in [0.29, 0.717) is 29.2 Å². The van der Waals surface area contributed by atoms with E-state index < -0.39 is 0 Å². The summed E-state index contributed by atoms with van der Waals surface area (Å²) in [4.78, 5) is 19.1. The number of pyridine rings is 1. The Labute approximate surface area is 151 Å². The maximum Gasteiger partial charge on any atom is 0.344 e. The number of hydrogen-bond acceptors (Lipinski definition) is 6. The number of ether oxygens (including phenoxy) is 1. The minimum absolute atomic E-state index is 0.385. The maximum atomic E-state index is 12.6. The van der Waals surface area contributed by atoms with Crippen molar-refractivity contribution in [2.45, 2.75) is 6.92 Å². The molecule has 6 heteroatoms. The van der Waals surface area contributed by atoms with E-state index in [1.807, 2.05) is 31.2 Å². The number of nitrogens with one attached hydrogen (secondary N) is 1. The summed E-state index contributed by atoms with van der Waals surface area (Å²) < 4.78 is 11.2. The molecule has 1 fully saturated rings. The van der Waals surface area contributed by atoms with Crippen LogP contribution in [0.5, 0.6) is 5.88 Å². The topological polar surface area (TPSA) is 67.6 Å². The zero-order chi connectivity index (χ0) is 17.9. The third-order valence-electron chi connectivity index (χ3n) is 4.54. The van der Waals surface area contributed by atoms with Crippen LogP contribution in [-0.2, 0) is 0 Å². The summed E-state index contributed by atoms with van der Waals surface area (Å²) in [5.41, 5.74) is 2.40. The van der Waals surface area contributed by atoms with Crippen LogP contribution in [-0.4, -0.2) is 37.8 Å². The van der Waals surface area contributed by atoms with Crippen molar-refractivity contribution < 1.29 is 9.15 Å². The lowest BCUT2D eigenvalue weighted by atomic mass is 10.1. The van der Waals surface area contributed by atoms with Crippen LogP contribution in [0.15, 0.2) is 51.8 Å². The molecule has 1 N–H and O–H groups in total. The fraction of sp³-hybridized carbons (Fsp3) is 0.300. The molecule has 2 aromatic heterocycles. The number of benzene rings is 1. The minimum Gasteiger partial charge on any atom is -0.478 e. The lowest BCUT2D eigenvalue weighted by Crippen LogP contribution is -2.43. The average molecular weight is 351 g/mol. The summed E-state index contributed by atoms with van der Waals surface area (Å²) in [5.74, 6) is 0.444. The molecule has 4 rings (SSSR count). The summed E-state index contributed by atoms with van der Waals surface area (Å²) >= 11 is 0. The molecule has 3 aromatic rings. The summed E-state index contributed by atoms with van der Waals surface area (Å²) in [6, 6.07) is 11.5. The Morgan fingerprint density at radius 1 is 1.19 bits per heavy atom. The van der Waals surface area contributed by atoms with Crippen LogP contribution >= 0.6 is 0 Å². The highest BCUT2D eigenvalue weighted by atomic mass is 16.5. The number of aromatic nitrogens is 1. The van der Waals surface area contributed by atoms with E-state index in [9.17, 15) is 4.79 Å². The molecule has 1 saturated heterocycles. The van der Waals surface area contributed by atoms with Gasteiger partial charge in [-0.25, -0.2) is 9.78 Å². The molecule has 1 aliphatic heterocycles. The van der Waals surface area contributed by atoms with Gasteiger partial charge in [0.1, 0.15) is 5.58 Å². The molecule has 0 bridgehead atoms. The van der Waals surface area contributed by atoms with Gasteiger partial charge < -0.3 is 19.4 Å². The number of anilines is 1. The molecule has 1 aliphatic rings. The summed E-state index contributed by atoms with van der Waals surface area (Å²) in [6.07, 6.45) is 1.65. The van der Waals surface area contributed by atoms with Crippen LogP contribution in [0, 0.1) is 0 Å². The zero-order valence-corrected chi connectivity index (χ0v) is 14.7. The number of fused-ring (bicyclic) bond motifs is 1. The first-order valence-corrected chi connectivity index (χ1v) is 8.88. The zero-order valence-electron chi connectivity index (χ0n) is 14.7. The molecule has 26 heavy (non-hydrogen) atoms. The first-order chi connectivity index (χ1) is 12.8. The molecule has 0 unspecified atom stereocenters. The second-order valence-corrected chi connectivity index (χ2v) is 6.20. The predicted octanol–water partition coefficient (Wildman–Crippen LogP) is 2.66. The predicted molar refractivity (Wildman–Crippen MR) is 102 cm³/mol. The van der Waals surface area contributed by atoms with E-state index in [4.69, 9.17) is 9.15 Å². The second-order valence-electron chi connectivity index (χ2n) is 6.20. The Morgan fingerprint density at radius 2 is 2.04 bits per heavy atom. The van der Waals surface area contributed by atoms with Crippen LogP contribution in [0.4, 0.5) is 5.69 Å². The molecule has 0 aliphatic carbocycles. The molecular weight excluding hydrogens is 330 g/mol. The van der Waals surface area contributed by atoms with Gasteiger partial charge in [-0.15, -0.1) is 0 Å². The molecule has 3 heterocycles. The Balaban J connectivity index is 1.77. The van der Waals surface area contributed by atoms with Crippen LogP contribution in [0.3, 0.4) is 0 Å². The summed E-state index contributed by atoms with van der Waals surface area (Å²) in [5, 5.41) is 4.22. The Morgan fingerprint density at radius 3 is 2.85 bits per heavy atom. The Kier molecular flexibility index (Phi) is 4.58. The maximum absolute atomic E-state index is 12.6. The molecule has 0 radical (unpaired) electrons. The number of nitrogens with zero attached hydrogens (tertiary/aromatic N) is 2. The van der Waals surface area contributed by atoms with Gasteiger partial charge >= 0.3 is 5.63 Å². The summed E-state index contributed by atoms with van der Waals surface area (Å²) in [6.45, 7) is 6.18. The van der Waals surface area contributed by atoms with Gasteiger partial charge in [0.15, 0.2) is 0 Å². The number of piperazine rings is 1. The van der Waals surface area contributed by atoms with Gasteiger partial charge in [0.2, 0.25) is 5.88 Å². The lowest BCUT2D eigenvalue weighted by Gasteiger charge is -2.29. The third kappa shape index (κ3) is 3.15.